The number of carboxylic acid groups (broad SMARTS) is 1. The van der Waals surface area contributed by atoms with Crippen LogP contribution in [-0.4, -0.2) is 45.4 Å². The summed E-state index contributed by atoms with van der Waals surface area (Å²) in [4.78, 5) is 21.9. The van der Waals surface area contributed by atoms with Gasteiger partial charge >= 0.3 is 5.97 Å². The second-order valence-corrected chi connectivity index (χ2v) is 3.57. The summed E-state index contributed by atoms with van der Waals surface area (Å²) in [5.41, 5.74) is -1.65. The summed E-state index contributed by atoms with van der Waals surface area (Å²) in [6.07, 6.45) is 0.0581. The van der Waals surface area contributed by atoms with Crippen molar-refractivity contribution in [2.24, 2.45) is 5.92 Å². The first-order valence-electron chi connectivity index (χ1n) is 4.27. The SMILES string of the molecule is CC1(O)C(CCO)C(=O)NC1C(=O)O. The van der Waals surface area contributed by atoms with Crippen molar-refractivity contribution < 1.29 is 24.9 Å². The zero-order valence-corrected chi connectivity index (χ0v) is 7.73. The Morgan fingerprint density at radius 1 is 1.64 bits per heavy atom. The average molecular weight is 203 g/mol. The quantitative estimate of drug-likeness (QED) is 0.438. The summed E-state index contributed by atoms with van der Waals surface area (Å²) < 4.78 is 0. The summed E-state index contributed by atoms with van der Waals surface area (Å²) in [6.45, 7) is 1.02. The van der Waals surface area contributed by atoms with Gasteiger partial charge in [0.25, 0.3) is 0 Å². The Kier molecular flexibility index (Phi) is 2.77. The van der Waals surface area contributed by atoms with Gasteiger partial charge in [-0.25, -0.2) is 4.79 Å². The first kappa shape index (κ1) is 10.9. The van der Waals surface area contributed by atoms with Crippen molar-refractivity contribution in [2.45, 2.75) is 25.0 Å². The molecule has 3 unspecified atom stereocenters. The van der Waals surface area contributed by atoms with Gasteiger partial charge < -0.3 is 20.6 Å². The van der Waals surface area contributed by atoms with Crippen LogP contribution in [0.4, 0.5) is 0 Å². The zero-order valence-electron chi connectivity index (χ0n) is 7.73. The normalized spacial score (nSPS) is 36.9. The lowest BCUT2D eigenvalue weighted by Crippen LogP contribution is -2.48. The van der Waals surface area contributed by atoms with E-state index in [9.17, 15) is 14.7 Å². The van der Waals surface area contributed by atoms with Crippen molar-refractivity contribution in [3.05, 3.63) is 0 Å². The molecule has 6 heteroatoms. The number of aliphatic hydroxyl groups is 2. The Morgan fingerprint density at radius 3 is 2.57 bits per heavy atom. The molecule has 0 radical (unpaired) electrons. The van der Waals surface area contributed by atoms with Crippen molar-refractivity contribution >= 4 is 11.9 Å². The van der Waals surface area contributed by atoms with Crippen LogP contribution in [0.3, 0.4) is 0 Å². The highest BCUT2D eigenvalue weighted by Gasteiger charge is 2.53. The number of carboxylic acids is 1. The second-order valence-electron chi connectivity index (χ2n) is 3.57. The molecule has 0 aromatic carbocycles. The number of carbonyl (C=O) groups excluding carboxylic acids is 1. The molecule has 6 nitrogen and oxygen atoms in total. The predicted molar refractivity (Wildman–Crippen MR) is 45.4 cm³/mol. The van der Waals surface area contributed by atoms with E-state index in [0.29, 0.717) is 0 Å². The molecule has 0 saturated carbocycles. The molecule has 0 bridgehead atoms. The van der Waals surface area contributed by atoms with Crippen LogP contribution in [0, 0.1) is 5.92 Å². The van der Waals surface area contributed by atoms with E-state index in [0.717, 1.165) is 0 Å². The number of nitrogens with one attached hydrogen (secondary N) is 1. The van der Waals surface area contributed by atoms with Crippen LogP contribution in [0.15, 0.2) is 0 Å². The van der Waals surface area contributed by atoms with Crippen molar-refractivity contribution in [1.82, 2.24) is 5.32 Å². The van der Waals surface area contributed by atoms with Gasteiger partial charge in [-0.3, -0.25) is 4.79 Å². The molecule has 1 aliphatic heterocycles. The van der Waals surface area contributed by atoms with Crippen LogP contribution in [0.1, 0.15) is 13.3 Å². The minimum atomic E-state index is -1.65. The maximum Gasteiger partial charge on any atom is 0.329 e. The Morgan fingerprint density at radius 2 is 2.21 bits per heavy atom. The predicted octanol–water partition coefficient (Wildman–Crippen LogP) is -1.68. The van der Waals surface area contributed by atoms with Gasteiger partial charge in [-0.15, -0.1) is 0 Å². The standard InChI is InChI=1S/C8H13NO5/c1-8(14)4(2-3-10)6(11)9-5(8)7(12)13/h4-5,10,14H,2-3H2,1H3,(H,9,11)(H,12,13). The Labute approximate surface area is 80.5 Å². The van der Waals surface area contributed by atoms with Crippen molar-refractivity contribution in [1.29, 1.82) is 0 Å². The highest BCUT2D eigenvalue weighted by Crippen LogP contribution is 2.30. The van der Waals surface area contributed by atoms with Crippen LogP contribution in [0.2, 0.25) is 0 Å². The minimum absolute atomic E-state index is 0.0581. The van der Waals surface area contributed by atoms with E-state index in [1.165, 1.54) is 6.92 Å². The number of aliphatic hydroxyl groups excluding tert-OH is 1. The molecule has 0 spiro atoms. The summed E-state index contributed by atoms with van der Waals surface area (Å²) in [7, 11) is 0. The van der Waals surface area contributed by atoms with Gasteiger partial charge in [-0.1, -0.05) is 0 Å². The third-order valence-corrected chi connectivity index (χ3v) is 2.56. The molecule has 1 heterocycles. The van der Waals surface area contributed by atoms with Crippen LogP contribution < -0.4 is 5.32 Å². The molecule has 0 aliphatic carbocycles. The van der Waals surface area contributed by atoms with Crippen LogP contribution in [0.5, 0.6) is 0 Å². The fourth-order valence-corrected chi connectivity index (χ4v) is 1.72. The van der Waals surface area contributed by atoms with E-state index in [4.69, 9.17) is 10.2 Å². The van der Waals surface area contributed by atoms with Crippen LogP contribution in [0.25, 0.3) is 0 Å². The molecule has 1 fully saturated rings. The van der Waals surface area contributed by atoms with E-state index in [1.54, 1.807) is 0 Å². The van der Waals surface area contributed by atoms with E-state index in [-0.39, 0.29) is 13.0 Å². The van der Waals surface area contributed by atoms with E-state index in [2.05, 4.69) is 5.32 Å². The van der Waals surface area contributed by atoms with Gasteiger partial charge in [0.15, 0.2) is 6.04 Å². The topological polar surface area (TPSA) is 107 Å². The first-order chi connectivity index (χ1) is 6.41. The van der Waals surface area contributed by atoms with Gasteiger partial charge in [-0.2, -0.15) is 0 Å². The Bertz CT molecular complexity index is 262. The Balaban J connectivity index is 2.89. The van der Waals surface area contributed by atoms with Gasteiger partial charge in [0.1, 0.15) is 5.60 Å². The molecule has 3 atom stereocenters. The molecular formula is C8H13NO5. The second kappa shape index (κ2) is 3.55. The summed E-state index contributed by atoms with van der Waals surface area (Å²) in [6, 6.07) is -1.30. The van der Waals surface area contributed by atoms with Crippen molar-refractivity contribution in [3.63, 3.8) is 0 Å². The molecule has 1 aliphatic rings. The molecule has 1 amide bonds. The van der Waals surface area contributed by atoms with E-state index >= 15 is 0 Å². The number of aliphatic carboxylic acids is 1. The highest BCUT2D eigenvalue weighted by molar-refractivity contribution is 5.91. The Hall–Kier alpha value is -1.14. The summed E-state index contributed by atoms with van der Waals surface area (Å²) >= 11 is 0. The number of carbonyl (C=O) groups is 2. The van der Waals surface area contributed by atoms with Crippen molar-refractivity contribution in [2.75, 3.05) is 6.61 Å². The van der Waals surface area contributed by atoms with Crippen molar-refractivity contribution in [3.8, 4) is 0 Å². The maximum absolute atomic E-state index is 11.2. The molecule has 1 saturated heterocycles. The fourth-order valence-electron chi connectivity index (χ4n) is 1.72. The summed E-state index contributed by atoms with van der Waals surface area (Å²) in [5.74, 6) is -2.67. The van der Waals surface area contributed by atoms with Crippen LogP contribution >= 0.6 is 0 Å². The number of hydrogen-bond donors (Lipinski definition) is 4. The fraction of sp³-hybridized carbons (Fsp3) is 0.750. The lowest BCUT2D eigenvalue weighted by Gasteiger charge is -2.25. The van der Waals surface area contributed by atoms with E-state index in [1.807, 2.05) is 0 Å². The monoisotopic (exact) mass is 203 g/mol. The largest absolute Gasteiger partial charge is 0.480 e. The van der Waals surface area contributed by atoms with Gasteiger partial charge in [0.2, 0.25) is 5.91 Å². The van der Waals surface area contributed by atoms with E-state index < -0.39 is 29.4 Å². The molecular weight excluding hydrogens is 190 g/mol. The highest BCUT2D eigenvalue weighted by atomic mass is 16.4. The first-order valence-corrected chi connectivity index (χ1v) is 4.27. The smallest absolute Gasteiger partial charge is 0.329 e. The lowest BCUT2D eigenvalue weighted by atomic mass is 9.85. The molecule has 0 aromatic heterocycles. The third-order valence-electron chi connectivity index (χ3n) is 2.56. The number of rotatable bonds is 3. The molecule has 0 aromatic rings. The summed E-state index contributed by atoms with van der Waals surface area (Å²) in [5, 5.41) is 29.4. The molecule has 80 valence electrons. The zero-order chi connectivity index (χ0) is 10.9. The number of hydrogen-bond acceptors (Lipinski definition) is 4. The third kappa shape index (κ3) is 1.58. The van der Waals surface area contributed by atoms with Gasteiger partial charge in [-0.05, 0) is 13.3 Å². The maximum atomic E-state index is 11.2. The molecule has 1 rings (SSSR count). The molecule has 14 heavy (non-hydrogen) atoms. The average Bonchev–Trinajstić information content (AvgIpc) is 2.28. The van der Waals surface area contributed by atoms with Gasteiger partial charge in [0.05, 0.1) is 5.92 Å². The van der Waals surface area contributed by atoms with Crippen LogP contribution in [-0.2, 0) is 9.59 Å². The lowest BCUT2D eigenvalue weighted by molar-refractivity contribution is -0.145. The molecule has 4 N–H and O–H groups in total. The minimum Gasteiger partial charge on any atom is -0.480 e. The number of amides is 1. The van der Waals surface area contributed by atoms with Gasteiger partial charge in [0, 0.05) is 6.61 Å².